The molecule has 0 unspecified atom stereocenters. The molecule has 19 heavy (non-hydrogen) atoms. The van der Waals surface area contributed by atoms with Crippen molar-refractivity contribution < 1.29 is 14.3 Å². The maximum absolute atomic E-state index is 11.7. The van der Waals surface area contributed by atoms with Gasteiger partial charge in [-0.2, -0.15) is 0 Å². The summed E-state index contributed by atoms with van der Waals surface area (Å²) in [5.41, 5.74) is 0.367. The third-order valence-electron chi connectivity index (χ3n) is 2.38. The van der Waals surface area contributed by atoms with Gasteiger partial charge in [0.05, 0.1) is 24.1 Å². The minimum atomic E-state index is -0.227. The molecule has 0 saturated carbocycles. The van der Waals surface area contributed by atoms with Gasteiger partial charge in [0.25, 0.3) is 0 Å². The van der Waals surface area contributed by atoms with E-state index in [-0.39, 0.29) is 11.7 Å². The Morgan fingerprint density at radius 3 is 2.11 bits per heavy atom. The topological polar surface area (TPSA) is 35.5 Å². The normalized spacial score (nSPS) is 10.3. The molecule has 0 amide bonds. The molecule has 0 bridgehead atoms. The molecule has 0 heterocycles. The molecule has 0 aliphatic heterocycles. The van der Waals surface area contributed by atoms with Gasteiger partial charge in [-0.1, -0.05) is 25.4 Å². The molecule has 0 fully saturated rings. The summed E-state index contributed by atoms with van der Waals surface area (Å²) in [5, 5.41) is 0.334. The average Bonchev–Trinajstić information content (AvgIpc) is 2.43. The molecule has 0 atom stereocenters. The van der Waals surface area contributed by atoms with Crippen molar-refractivity contribution in [2.75, 3.05) is 19.1 Å². The molecule has 1 aromatic carbocycles. The second-order valence-electron chi connectivity index (χ2n) is 4.03. The van der Waals surface area contributed by atoms with Crippen molar-refractivity contribution in [2.45, 2.75) is 26.7 Å². The number of alkyl halides is 1. The quantitative estimate of drug-likeness (QED) is 0.529. The van der Waals surface area contributed by atoms with E-state index >= 15 is 0 Å². The van der Waals surface area contributed by atoms with Crippen LogP contribution in [0.25, 0.3) is 0 Å². The highest BCUT2D eigenvalue weighted by Crippen LogP contribution is 2.34. The highest BCUT2D eigenvalue weighted by molar-refractivity contribution is 6.37. The zero-order chi connectivity index (χ0) is 14.3. The van der Waals surface area contributed by atoms with E-state index in [4.69, 9.17) is 32.7 Å². The molecule has 0 saturated heterocycles. The minimum absolute atomic E-state index is 0.109. The first-order valence-corrected chi connectivity index (χ1v) is 7.23. The van der Waals surface area contributed by atoms with E-state index in [1.165, 1.54) is 0 Å². The smallest absolute Gasteiger partial charge is 0.179 e. The van der Waals surface area contributed by atoms with Crippen molar-refractivity contribution in [3.8, 4) is 11.5 Å². The molecule has 1 aromatic rings. The van der Waals surface area contributed by atoms with E-state index in [9.17, 15) is 4.79 Å². The van der Waals surface area contributed by atoms with Gasteiger partial charge in [-0.05, 0) is 18.9 Å². The van der Waals surface area contributed by atoms with Gasteiger partial charge in [-0.25, -0.2) is 0 Å². The molecule has 5 heteroatoms. The number of hydrogen-bond donors (Lipinski definition) is 0. The van der Waals surface area contributed by atoms with Crippen molar-refractivity contribution in [2.24, 2.45) is 0 Å². The van der Waals surface area contributed by atoms with E-state index in [2.05, 4.69) is 0 Å². The first-order valence-electron chi connectivity index (χ1n) is 6.32. The van der Waals surface area contributed by atoms with Gasteiger partial charge < -0.3 is 9.47 Å². The highest BCUT2D eigenvalue weighted by atomic mass is 35.5. The summed E-state index contributed by atoms with van der Waals surface area (Å²) in [7, 11) is 0. The predicted molar refractivity (Wildman–Crippen MR) is 78.1 cm³/mol. The minimum Gasteiger partial charge on any atom is -0.490 e. The monoisotopic (exact) mass is 304 g/mol. The van der Waals surface area contributed by atoms with Gasteiger partial charge in [-0.15, -0.1) is 11.6 Å². The summed E-state index contributed by atoms with van der Waals surface area (Å²) in [4.78, 5) is 11.7. The first kappa shape index (κ1) is 16.1. The Balaban J connectivity index is 3.08. The molecule has 3 nitrogen and oxygen atoms in total. The Bertz CT molecular complexity index is 433. The average molecular weight is 305 g/mol. The lowest BCUT2D eigenvalue weighted by Gasteiger charge is -2.14. The lowest BCUT2D eigenvalue weighted by Crippen LogP contribution is -2.06. The van der Waals surface area contributed by atoms with Gasteiger partial charge in [0.15, 0.2) is 17.3 Å². The Hall–Kier alpha value is -0.930. The number of hydrogen-bond acceptors (Lipinski definition) is 3. The van der Waals surface area contributed by atoms with Crippen molar-refractivity contribution in [1.82, 2.24) is 0 Å². The van der Waals surface area contributed by atoms with Crippen molar-refractivity contribution in [1.29, 1.82) is 0 Å². The van der Waals surface area contributed by atoms with E-state index in [0.29, 0.717) is 35.3 Å². The lowest BCUT2D eigenvalue weighted by molar-refractivity contribution is 0.102. The summed E-state index contributed by atoms with van der Waals surface area (Å²) in [5.74, 6) is 0.761. The Morgan fingerprint density at radius 2 is 1.63 bits per heavy atom. The second-order valence-corrected chi connectivity index (χ2v) is 4.71. The number of Topliss-reactive ketones (excluding diaryl/α,β-unsaturated/α-hetero) is 1. The summed E-state index contributed by atoms with van der Waals surface area (Å²) in [6.45, 7) is 5.15. The van der Waals surface area contributed by atoms with E-state index in [0.717, 1.165) is 12.8 Å². The van der Waals surface area contributed by atoms with Crippen LogP contribution in [-0.2, 0) is 0 Å². The van der Waals surface area contributed by atoms with Crippen LogP contribution in [0, 0.1) is 0 Å². The number of benzene rings is 1. The van der Waals surface area contributed by atoms with E-state index in [1.807, 2.05) is 13.8 Å². The maximum atomic E-state index is 11.7. The number of ketones is 1. The van der Waals surface area contributed by atoms with Crippen LogP contribution in [0.1, 0.15) is 37.0 Å². The SMILES string of the molecule is CCCOc1cc(Cl)c(C(=O)CCl)cc1OCCC. The van der Waals surface area contributed by atoms with Crippen molar-refractivity contribution in [3.05, 3.63) is 22.7 Å². The molecule has 106 valence electrons. The number of carbonyl (C=O) groups is 1. The molecule has 0 spiro atoms. The van der Waals surface area contributed by atoms with Gasteiger partial charge >= 0.3 is 0 Å². The van der Waals surface area contributed by atoms with Crippen molar-refractivity contribution in [3.63, 3.8) is 0 Å². The fourth-order valence-electron chi connectivity index (χ4n) is 1.47. The second kappa shape index (κ2) is 8.28. The van der Waals surface area contributed by atoms with Gasteiger partial charge in [-0.3, -0.25) is 4.79 Å². The predicted octanol–water partition coefficient (Wildman–Crippen LogP) is 4.34. The third kappa shape index (κ3) is 4.59. The molecule has 0 aliphatic rings. The molecule has 0 N–H and O–H groups in total. The van der Waals surface area contributed by atoms with Crippen LogP contribution in [0.3, 0.4) is 0 Å². The van der Waals surface area contributed by atoms with Crippen LogP contribution in [0.15, 0.2) is 12.1 Å². The number of rotatable bonds is 8. The van der Waals surface area contributed by atoms with E-state index < -0.39 is 0 Å². The van der Waals surface area contributed by atoms with Crippen LogP contribution in [0.5, 0.6) is 11.5 Å². The number of carbonyl (C=O) groups excluding carboxylic acids is 1. The van der Waals surface area contributed by atoms with Crippen LogP contribution in [0.4, 0.5) is 0 Å². The third-order valence-corrected chi connectivity index (χ3v) is 2.93. The fraction of sp³-hybridized carbons (Fsp3) is 0.500. The van der Waals surface area contributed by atoms with Gasteiger partial charge in [0.2, 0.25) is 0 Å². The lowest BCUT2D eigenvalue weighted by atomic mass is 10.1. The van der Waals surface area contributed by atoms with Crippen LogP contribution < -0.4 is 9.47 Å². The van der Waals surface area contributed by atoms with Crippen LogP contribution in [0.2, 0.25) is 5.02 Å². The number of halogens is 2. The molecular weight excluding hydrogens is 287 g/mol. The summed E-state index contributed by atoms with van der Waals surface area (Å²) in [6, 6.07) is 3.22. The molecule has 0 radical (unpaired) electrons. The molecule has 0 aromatic heterocycles. The standard InChI is InChI=1S/C14H18Cl2O3/c1-3-5-18-13-7-10(12(17)9-15)11(16)8-14(13)19-6-4-2/h7-8H,3-6,9H2,1-2H3. The van der Waals surface area contributed by atoms with Crippen LogP contribution in [-0.4, -0.2) is 24.9 Å². The number of ether oxygens (including phenoxy) is 2. The Kier molecular flexibility index (Phi) is 7.03. The molecular formula is C14H18Cl2O3. The largest absolute Gasteiger partial charge is 0.490 e. The van der Waals surface area contributed by atoms with Gasteiger partial charge in [0.1, 0.15) is 0 Å². The van der Waals surface area contributed by atoms with Crippen molar-refractivity contribution >= 4 is 29.0 Å². The van der Waals surface area contributed by atoms with Crippen LogP contribution >= 0.6 is 23.2 Å². The summed E-state index contributed by atoms with van der Waals surface area (Å²) in [6.07, 6.45) is 1.75. The maximum Gasteiger partial charge on any atom is 0.179 e. The Morgan fingerprint density at radius 1 is 1.11 bits per heavy atom. The first-order chi connectivity index (χ1) is 9.13. The summed E-state index contributed by atoms with van der Waals surface area (Å²) >= 11 is 11.6. The zero-order valence-electron chi connectivity index (χ0n) is 11.2. The van der Waals surface area contributed by atoms with E-state index in [1.54, 1.807) is 12.1 Å². The highest BCUT2D eigenvalue weighted by Gasteiger charge is 2.15. The molecule has 0 aliphatic carbocycles. The van der Waals surface area contributed by atoms with Gasteiger partial charge in [0, 0.05) is 11.6 Å². The fourth-order valence-corrected chi connectivity index (χ4v) is 1.87. The zero-order valence-corrected chi connectivity index (χ0v) is 12.7. The molecule has 1 rings (SSSR count). The Labute approximate surface area is 123 Å². The summed E-state index contributed by atoms with van der Waals surface area (Å²) < 4.78 is 11.2.